The largest absolute Gasteiger partial charge is 0.494 e. The first kappa shape index (κ1) is 23.2. The Morgan fingerprint density at radius 1 is 0.886 bits per heavy atom. The van der Waals surface area contributed by atoms with Gasteiger partial charge in [-0.25, -0.2) is 0 Å². The van der Waals surface area contributed by atoms with Gasteiger partial charge >= 0.3 is 0 Å². The van der Waals surface area contributed by atoms with Crippen LogP contribution in [0.25, 0.3) is 0 Å². The molecule has 5 rings (SSSR count). The lowest BCUT2D eigenvalue weighted by Crippen LogP contribution is -2.27. The highest BCUT2D eigenvalue weighted by Gasteiger charge is 2.36. The van der Waals surface area contributed by atoms with Gasteiger partial charge in [0, 0.05) is 17.7 Å². The lowest BCUT2D eigenvalue weighted by atomic mass is 9.77. The molecule has 3 aromatic rings. The minimum Gasteiger partial charge on any atom is -0.494 e. The summed E-state index contributed by atoms with van der Waals surface area (Å²) in [5.41, 5.74) is 7.50. The van der Waals surface area contributed by atoms with Crippen LogP contribution in [0.4, 0.5) is 11.4 Å². The molecule has 0 saturated carbocycles. The van der Waals surface area contributed by atoms with Crippen LogP contribution < -0.4 is 15.4 Å². The maximum absolute atomic E-state index is 13.8. The van der Waals surface area contributed by atoms with Crippen LogP contribution in [-0.4, -0.2) is 12.4 Å². The van der Waals surface area contributed by atoms with Gasteiger partial charge in [0.05, 0.1) is 24.0 Å². The summed E-state index contributed by atoms with van der Waals surface area (Å²) in [6.07, 6.45) is 1.31. The van der Waals surface area contributed by atoms with Crippen molar-refractivity contribution >= 4 is 17.2 Å². The summed E-state index contributed by atoms with van der Waals surface area (Å²) in [5.74, 6) is 1.17. The molecule has 4 heteroatoms. The number of benzene rings is 3. The van der Waals surface area contributed by atoms with E-state index in [-0.39, 0.29) is 23.2 Å². The summed E-state index contributed by atoms with van der Waals surface area (Å²) in [6, 6.07) is 24.9. The summed E-state index contributed by atoms with van der Waals surface area (Å²) in [6.45, 7) is 9.27. The van der Waals surface area contributed by atoms with Gasteiger partial charge in [-0.05, 0) is 65.6 Å². The number of carbonyl (C=O) groups excluding carboxylic acids is 1. The molecule has 0 saturated heterocycles. The van der Waals surface area contributed by atoms with E-state index in [0.29, 0.717) is 13.0 Å². The molecule has 180 valence electrons. The number of fused-ring (bicyclic) bond motifs is 1. The van der Waals surface area contributed by atoms with Crippen LogP contribution in [-0.2, 0) is 10.2 Å². The normalized spacial score (nSPS) is 19.7. The number of anilines is 2. The highest BCUT2D eigenvalue weighted by molar-refractivity contribution is 6.01. The van der Waals surface area contributed by atoms with Gasteiger partial charge in [0.2, 0.25) is 0 Å². The molecule has 1 heterocycles. The number of allylic oxidation sites excluding steroid dienone is 1. The highest BCUT2D eigenvalue weighted by atomic mass is 16.5. The highest BCUT2D eigenvalue weighted by Crippen LogP contribution is 2.44. The van der Waals surface area contributed by atoms with Crippen molar-refractivity contribution in [2.75, 3.05) is 17.2 Å². The first-order valence-corrected chi connectivity index (χ1v) is 12.6. The summed E-state index contributed by atoms with van der Waals surface area (Å²) in [7, 11) is 0. The van der Waals surface area contributed by atoms with E-state index in [0.717, 1.165) is 40.4 Å². The van der Waals surface area contributed by atoms with E-state index in [9.17, 15) is 4.79 Å². The number of ether oxygens (including phenoxy) is 1. The monoisotopic (exact) mass is 466 g/mol. The van der Waals surface area contributed by atoms with E-state index in [4.69, 9.17) is 4.74 Å². The molecule has 0 bridgehead atoms. The SMILES string of the molecule is CCOc1cccc(C2Nc3ccccc3NC3=C2C(=O)CC(c2ccc(C(C)(C)C)cc2)C3)c1. The van der Waals surface area contributed by atoms with Crippen LogP contribution in [0.3, 0.4) is 0 Å². The topological polar surface area (TPSA) is 50.4 Å². The molecule has 0 radical (unpaired) electrons. The van der Waals surface area contributed by atoms with Crippen molar-refractivity contribution in [3.63, 3.8) is 0 Å². The van der Waals surface area contributed by atoms with Crippen LogP contribution in [0.5, 0.6) is 5.75 Å². The van der Waals surface area contributed by atoms with E-state index in [2.05, 4.69) is 73.9 Å². The average Bonchev–Trinajstić information content (AvgIpc) is 3.01. The van der Waals surface area contributed by atoms with Gasteiger partial charge in [-0.2, -0.15) is 0 Å². The standard InChI is InChI=1S/C31H34N2O2/c1-5-35-24-10-8-9-21(17-24)30-29-27(32-25-11-6-7-12-26(25)33-30)18-22(19-28(29)34)20-13-15-23(16-14-20)31(2,3)4/h6-17,22,30,32-33H,5,18-19H2,1-4H3. The second-order valence-electron chi connectivity index (χ2n) is 10.5. The predicted molar refractivity (Wildman–Crippen MR) is 143 cm³/mol. The zero-order chi connectivity index (χ0) is 24.6. The molecule has 2 unspecified atom stereocenters. The van der Waals surface area contributed by atoms with Gasteiger partial charge in [0.25, 0.3) is 0 Å². The Morgan fingerprint density at radius 3 is 2.34 bits per heavy atom. The number of Topliss-reactive ketones (excluding diaryl/α,β-unsaturated/α-hetero) is 1. The Labute approximate surface area is 208 Å². The van der Waals surface area contributed by atoms with Crippen LogP contribution in [0, 0.1) is 0 Å². The fraction of sp³-hybridized carbons (Fsp3) is 0.323. The van der Waals surface area contributed by atoms with Crippen molar-refractivity contribution in [1.29, 1.82) is 0 Å². The molecule has 0 spiro atoms. The minimum atomic E-state index is -0.238. The molecule has 2 N–H and O–H groups in total. The Balaban J connectivity index is 1.54. The molecule has 3 aromatic carbocycles. The third-order valence-electron chi connectivity index (χ3n) is 7.06. The number of hydrogen-bond acceptors (Lipinski definition) is 4. The number of hydrogen-bond donors (Lipinski definition) is 2. The van der Waals surface area contributed by atoms with E-state index >= 15 is 0 Å². The van der Waals surface area contributed by atoms with Crippen molar-refractivity contribution in [3.8, 4) is 5.75 Å². The van der Waals surface area contributed by atoms with Gasteiger partial charge in [-0.3, -0.25) is 4.79 Å². The maximum Gasteiger partial charge on any atom is 0.163 e. The van der Waals surface area contributed by atoms with Gasteiger partial charge in [0.15, 0.2) is 5.78 Å². The molecule has 35 heavy (non-hydrogen) atoms. The van der Waals surface area contributed by atoms with Crippen molar-refractivity contribution < 1.29 is 9.53 Å². The Bertz CT molecular complexity index is 1270. The summed E-state index contributed by atoms with van der Waals surface area (Å²) in [5, 5.41) is 7.29. The van der Waals surface area contributed by atoms with Crippen molar-refractivity contribution in [1.82, 2.24) is 0 Å². The summed E-state index contributed by atoms with van der Waals surface area (Å²) < 4.78 is 5.76. The Morgan fingerprint density at radius 2 is 1.63 bits per heavy atom. The van der Waals surface area contributed by atoms with Crippen LogP contribution in [0.2, 0.25) is 0 Å². The van der Waals surface area contributed by atoms with Gasteiger partial charge in [-0.15, -0.1) is 0 Å². The molecule has 0 fully saturated rings. The predicted octanol–water partition coefficient (Wildman–Crippen LogP) is 7.36. The molecule has 2 atom stereocenters. The third-order valence-corrected chi connectivity index (χ3v) is 7.06. The first-order valence-electron chi connectivity index (χ1n) is 12.6. The Kier molecular flexibility index (Phi) is 6.14. The van der Waals surface area contributed by atoms with Crippen molar-refractivity contribution in [3.05, 3.63) is 101 Å². The molecule has 1 aliphatic heterocycles. The molecular weight excluding hydrogens is 432 g/mol. The van der Waals surface area contributed by atoms with Crippen LogP contribution in [0.15, 0.2) is 84.1 Å². The Hall–Kier alpha value is -3.53. The molecule has 4 nitrogen and oxygen atoms in total. The first-order chi connectivity index (χ1) is 16.8. The van der Waals surface area contributed by atoms with Crippen LogP contribution in [0.1, 0.15) is 69.2 Å². The maximum atomic E-state index is 13.8. The van der Waals surface area contributed by atoms with E-state index in [1.165, 1.54) is 11.1 Å². The second kappa shape index (κ2) is 9.26. The lowest BCUT2D eigenvalue weighted by Gasteiger charge is -2.30. The lowest BCUT2D eigenvalue weighted by molar-refractivity contribution is -0.116. The fourth-order valence-electron chi connectivity index (χ4n) is 5.18. The van der Waals surface area contributed by atoms with E-state index in [1.54, 1.807) is 0 Å². The van der Waals surface area contributed by atoms with E-state index in [1.807, 2.05) is 37.3 Å². The molecule has 2 aliphatic rings. The van der Waals surface area contributed by atoms with Crippen molar-refractivity contribution in [2.45, 2.75) is 57.9 Å². The number of carbonyl (C=O) groups is 1. The van der Waals surface area contributed by atoms with Gasteiger partial charge < -0.3 is 15.4 Å². The van der Waals surface area contributed by atoms with Gasteiger partial charge in [-0.1, -0.05) is 69.3 Å². The summed E-state index contributed by atoms with van der Waals surface area (Å²) >= 11 is 0. The molecule has 0 aromatic heterocycles. The summed E-state index contributed by atoms with van der Waals surface area (Å²) in [4.78, 5) is 13.8. The zero-order valence-electron chi connectivity index (χ0n) is 21.0. The molecular formula is C31H34N2O2. The minimum absolute atomic E-state index is 0.109. The smallest absolute Gasteiger partial charge is 0.163 e. The number of rotatable bonds is 4. The quantitative estimate of drug-likeness (QED) is 0.422. The van der Waals surface area contributed by atoms with Gasteiger partial charge in [0.1, 0.15) is 5.75 Å². The van der Waals surface area contributed by atoms with E-state index < -0.39 is 0 Å². The molecule has 0 amide bonds. The van der Waals surface area contributed by atoms with Crippen molar-refractivity contribution in [2.24, 2.45) is 0 Å². The second-order valence-corrected chi connectivity index (χ2v) is 10.5. The fourth-order valence-corrected chi connectivity index (χ4v) is 5.18. The third kappa shape index (κ3) is 4.70. The average molecular weight is 467 g/mol. The number of ketones is 1. The zero-order valence-corrected chi connectivity index (χ0v) is 21.0. The number of nitrogens with one attached hydrogen (secondary N) is 2. The molecule has 1 aliphatic carbocycles. The number of para-hydroxylation sites is 2. The van der Waals surface area contributed by atoms with Crippen LogP contribution >= 0.6 is 0 Å².